The Labute approximate surface area is 111 Å². The molecule has 1 heterocycles. The van der Waals surface area contributed by atoms with Crippen molar-refractivity contribution in [3.05, 3.63) is 29.8 Å². The fraction of sp³-hybridized carbons (Fsp3) is 0.500. The third-order valence-electron chi connectivity index (χ3n) is 2.94. The van der Waals surface area contributed by atoms with Crippen LogP contribution < -0.4 is 0 Å². The SMILES string of the molecule is CCSc1ccc(C(=O)C[S+]2CCCC2)cc1. The van der Waals surface area contributed by atoms with E-state index in [0.717, 1.165) is 17.1 Å². The molecule has 0 aliphatic carbocycles. The van der Waals surface area contributed by atoms with Crippen LogP contribution in [0.1, 0.15) is 30.1 Å². The standard InChI is InChI=1S/C14H19OS2/c1-2-16-13-7-5-12(6-8-13)14(15)11-17-9-3-4-10-17/h5-8H,2-4,9-11H2,1H3/q+1. The van der Waals surface area contributed by atoms with Gasteiger partial charge in [-0.05, 0) is 41.6 Å². The predicted molar refractivity (Wildman–Crippen MR) is 78.4 cm³/mol. The van der Waals surface area contributed by atoms with Gasteiger partial charge in [-0.2, -0.15) is 0 Å². The zero-order chi connectivity index (χ0) is 12.1. The Hall–Kier alpha value is -0.410. The fourth-order valence-electron chi connectivity index (χ4n) is 2.03. The number of rotatable bonds is 5. The van der Waals surface area contributed by atoms with E-state index >= 15 is 0 Å². The molecule has 1 fully saturated rings. The van der Waals surface area contributed by atoms with Crippen molar-refractivity contribution >= 4 is 28.4 Å². The molecule has 0 saturated carbocycles. The summed E-state index contributed by atoms with van der Waals surface area (Å²) in [7, 11) is 0.379. The molecule has 0 aromatic heterocycles. The van der Waals surface area contributed by atoms with Gasteiger partial charge in [0.05, 0.1) is 0 Å². The molecule has 0 amide bonds. The summed E-state index contributed by atoms with van der Waals surface area (Å²) >= 11 is 1.82. The maximum Gasteiger partial charge on any atom is 0.211 e. The van der Waals surface area contributed by atoms with Gasteiger partial charge in [-0.1, -0.05) is 19.1 Å². The van der Waals surface area contributed by atoms with E-state index in [1.807, 2.05) is 23.9 Å². The molecule has 3 heteroatoms. The number of thioether (sulfide) groups is 1. The number of ketones is 1. The van der Waals surface area contributed by atoms with Crippen molar-refractivity contribution in [3.8, 4) is 0 Å². The lowest BCUT2D eigenvalue weighted by Crippen LogP contribution is -2.17. The summed E-state index contributed by atoms with van der Waals surface area (Å²) in [6.45, 7) is 2.14. The normalized spacial score (nSPS) is 16.3. The van der Waals surface area contributed by atoms with Gasteiger partial charge in [0.1, 0.15) is 11.5 Å². The molecule has 1 nitrogen and oxygen atoms in total. The molecule has 1 aliphatic heterocycles. The zero-order valence-electron chi connectivity index (χ0n) is 10.3. The second kappa shape index (κ2) is 6.50. The highest BCUT2D eigenvalue weighted by molar-refractivity contribution is 7.99. The summed E-state index contributed by atoms with van der Waals surface area (Å²) < 4.78 is 0. The van der Waals surface area contributed by atoms with Gasteiger partial charge >= 0.3 is 0 Å². The monoisotopic (exact) mass is 267 g/mol. The lowest BCUT2D eigenvalue weighted by Gasteiger charge is -2.02. The van der Waals surface area contributed by atoms with Crippen LogP contribution in [0.4, 0.5) is 0 Å². The van der Waals surface area contributed by atoms with Gasteiger partial charge in [0, 0.05) is 10.5 Å². The molecule has 1 aromatic rings. The van der Waals surface area contributed by atoms with Crippen molar-refractivity contribution in [2.75, 3.05) is 23.0 Å². The Kier molecular flexibility index (Phi) is 4.99. The van der Waals surface area contributed by atoms with Crippen LogP contribution in [0, 0.1) is 0 Å². The number of hydrogen-bond acceptors (Lipinski definition) is 2. The minimum absolute atomic E-state index is 0.336. The van der Waals surface area contributed by atoms with Gasteiger partial charge in [0.25, 0.3) is 0 Å². The Morgan fingerprint density at radius 1 is 1.24 bits per heavy atom. The van der Waals surface area contributed by atoms with Gasteiger partial charge in [-0.15, -0.1) is 11.8 Å². The molecule has 92 valence electrons. The van der Waals surface area contributed by atoms with Gasteiger partial charge in [0.2, 0.25) is 5.78 Å². The quantitative estimate of drug-likeness (QED) is 0.462. The Morgan fingerprint density at radius 3 is 2.47 bits per heavy atom. The molecule has 17 heavy (non-hydrogen) atoms. The van der Waals surface area contributed by atoms with E-state index in [0.29, 0.717) is 16.7 Å². The molecule has 0 unspecified atom stereocenters. The number of Topliss-reactive ketones (excluding diaryl/α,β-unsaturated/α-hetero) is 1. The molecule has 1 aliphatic rings. The minimum atomic E-state index is 0.336. The third kappa shape index (κ3) is 3.78. The third-order valence-corrected chi connectivity index (χ3v) is 6.24. The summed E-state index contributed by atoms with van der Waals surface area (Å²) in [5.41, 5.74) is 0.893. The molecule has 1 saturated heterocycles. The van der Waals surface area contributed by atoms with Crippen molar-refractivity contribution in [2.24, 2.45) is 0 Å². The second-order valence-corrected chi connectivity index (χ2v) is 7.92. The lowest BCUT2D eigenvalue weighted by atomic mass is 10.1. The number of hydrogen-bond donors (Lipinski definition) is 0. The molecule has 0 atom stereocenters. The Morgan fingerprint density at radius 2 is 1.88 bits per heavy atom. The molecule has 0 radical (unpaired) electrons. The molecule has 1 aromatic carbocycles. The molecule has 2 rings (SSSR count). The van der Waals surface area contributed by atoms with E-state index in [1.54, 1.807) is 0 Å². The summed E-state index contributed by atoms with van der Waals surface area (Å²) in [5, 5.41) is 0. The van der Waals surface area contributed by atoms with Crippen molar-refractivity contribution in [1.82, 2.24) is 0 Å². The van der Waals surface area contributed by atoms with Crippen LogP contribution in [0.15, 0.2) is 29.2 Å². The second-order valence-electron chi connectivity index (χ2n) is 4.25. The topological polar surface area (TPSA) is 17.1 Å². The average molecular weight is 267 g/mol. The number of carbonyl (C=O) groups is 1. The van der Waals surface area contributed by atoms with Crippen LogP contribution >= 0.6 is 11.8 Å². The molecule has 0 bridgehead atoms. The highest BCUT2D eigenvalue weighted by Crippen LogP contribution is 2.19. The van der Waals surface area contributed by atoms with Crippen LogP contribution in [-0.4, -0.2) is 28.8 Å². The van der Waals surface area contributed by atoms with E-state index in [2.05, 4.69) is 19.1 Å². The Balaban J connectivity index is 1.93. The largest absolute Gasteiger partial charge is 0.289 e. The maximum atomic E-state index is 12.1. The highest BCUT2D eigenvalue weighted by atomic mass is 32.2. The van der Waals surface area contributed by atoms with Gasteiger partial charge < -0.3 is 0 Å². The van der Waals surface area contributed by atoms with Crippen molar-refractivity contribution < 1.29 is 4.79 Å². The molecular weight excluding hydrogens is 248 g/mol. The minimum Gasteiger partial charge on any atom is -0.289 e. The van der Waals surface area contributed by atoms with Crippen LogP contribution in [-0.2, 0) is 10.9 Å². The van der Waals surface area contributed by atoms with E-state index in [-0.39, 0.29) is 0 Å². The van der Waals surface area contributed by atoms with Crippen LogP contribution in [0.2, 0.25) is 0 Å². The van der Waals surface area contributed by atoms with E-state index in [9.17, 15) is 4.79 Å². The Bertz CT molecular complexity index is 366. The van der Waals surface area contributed by atoms with E-state index in [1.165, 1.54) is 29.2 Å². The van der Waals surface area contributed by atoms with Gasteiger partial charge in [-0.3, -0.25) is 4.79 Å². The van der Waals surface area contributed by atoms with Crippen LogP contribution in [0.3, 0.4) is 0 Å². The average Bonchev–Trinajstić information content (AvgIpc) is 2.83. The van der Waals surface area contributed by atoms with E-state index in [4.69, 9.17) is 0 Å². The van der Waals surface area contributed by atoms with Crippen molar-refractivity contribution in [1.29, 1.82) is 0 Å². The molecule has 0 spiro atoms. The van der Waals surface area contributed by atoms with Crippen LogP contribution in [0.25, 0.3) is 0 Å². The summed E-state index contributed by atoms with van der Waals surface area (Å²) in [6.07, 6.45) is 2.64. The number of carbonyl (C=O) groups excluding carboxylic acids is 1. The van der Waals surface area contributed by atoms with Gasteiger partial charge in [0.15, 0.2) is 5.75 Å². The predicted octanol–water partition coefficient (Wildman–Crippen LogP) is 3.39. The zero-order valence-corrected chi connectivity index (χ0v) is 11.9. The molecule has 0 N–H and O–H groups in total. The van der Waals surface area contributed by atoms with Crippen molar-refractivity contribution in [2.45, 2.75) is 24.7 Å². The summed E-state index contributed by atoms with van der Waals surface area (Å²) in [5.74, 6) is 4.74. The van der Waals surface area contributed by atoms with Crippen LogP contribution in [0.5, 0.6) is 0 Å². The smallest absolute Gasteiger partial charge is 0.211 e. The first kappa shape index (κ1) is 13.0. The first-order valence-electron chi connectivity index (χ1n) is 6.19. The molecular formula is C14H19OS2+. The lowest BCUT2D eigenvalue weighted by molar-refractivity contribution is 0.102. The highest BCUT2D eigenvalue weighted by Gasteiger charge is 2.27. The van der Waals surface area contributed by atoms with Crippen molar-refractivity contribution in [3.63, 3.8) is 0 Å². The van der Waals surface area contributed by atoms with E-state index < -0.39 is 0 Å². The van der Waals surface area contributed by atoms with Gasteiger partial charge in [-0.25, -0.2) is 0 Å². The fourth-order valence-corrected chi connectivity index (χ4v) is 4.95. The number of benzene rings is 1. The summed E-state index contributed by atoms with van der Waals surface area (Å²) in [6, 6.07) is 8.11. The first-order valence-corrected chi connectivity index (χ1v) is 8.91. The summed E-state index contributed by atoms with van der Waals surface area (Å²) in [4.78, 5) is 13.3. The first-order chi connectivity index (χ1) is 8.29. The maximum absolute atomic E-state index is 12.1.